The summed E-state index contributed by atoms with van der Waals surface area (Å²) in [6.45, 7) is 2.68. The van der Waals surface area contributed by atoms with E-state index in [1.165, 1.54) is 6.07 Å². The summed E-state index contributed by atoms with van der Waals surface area (Å²) in [5.41, 5.74) is -1.45. The van der Waals surface area contributed by atoms with Crippen LogP contribution in [0.15, 0.2) is 18.2 Å². The number of carbonyl (C=O) groups is 1. The smallest absolute Gasteiger partial charge is 0.417 e. The molecule has 0 saturated heterocycles. The van der Waals surface area contributed by atoms with Crippen LogP contribution in [0.4, 0.5) is 18.9 Å². The summed E-state index contributed by atoms with van der Waals surface area (Å²) in [5, 5.41) is 8.82. The number of rotatable bonds is 6. The van der Waals surface area contributed by atoms with Gasteiger partial charge in [0.15, 0.2) is 0 Å². The fourth-order valence-electron chi connectivity index (χ4n) is 1.92. The number of anilines is 1. The first kappa shape index (κ1) is 16.3. The zero-order chi connectivity index (χ0) is 15.3. The lowest BCUT2D eigenvalue weighted by atomic mass is 10.1. The standard InChI is InChI=1S/C14H18F3NO2/c1-3-4-5-8-18(2)10-6-7-11(13(19)20)12(9-10)14(15,16)17/h6-7,9H,3-5,8H2,1-2H3,(H,19,20). The first-order chi connectivity index (χ1) is 9.27. The number of aromatic carboxylic acids is 1. The first-order valence-corrected chi connectivity index (χ1v) is 6.43. The van der Waals surface area contributed by atoms with Crippen LogP contribution in [0.5, 0.6) is 0 Å². The molecule has 0 radical (unpaired) electrons. The normalized spacial score (nSPS) is 11.4. The van der Waals surface area contributed by atoms with Crippen molar-refractivity contribution in [3.63, 3.8) is 0 Å². The molecular formula is C14H18F3NO2. The average Bonchev–Trinajstić information content (AvgIpc) is 2.37. The van der Waals surface area contributed by atoms with Gasteiger partial charge in [-0.15, -0.1) is 0 Å². The van der Waals surface area contributed by atoms with E-state index in [-0.39, 0.29) is 0 Å². The van der Waals surface area contributed by atoms with E-state index in [4.69, 9.17) is 5.11 Å². The third kappa shape index (κ3) is 4.15. The van der Waals surface area contributed by atoms with Crippen LogP contribution in [0.2, 0.25) is 0 Å². The molecule has 0 aliphatic rings. The fourth-order valence-corrected chi connectivity index (χ4v) is 1.92. The molecule has 1 aromatic rings. The summed E-state index contributed by atoms with van der Waals surface area (Å²) < 4.78 is 38.6. The number of nitrogens with zero attached hydrogens (tertiary/aromatic N) is 1. The number of carboxylic acids is 1. The van der Waals surface area contributed by atoms with Gasteiger partial charge in [0, 0.05) is 19.3 Å². The van der Waals surface area contributed by atoms with Crippen LogP contribution in [0.25, 0.3) is 0 Å². The molecule has 0 fully saturated rings. The van der Waals surface area contributed by atoms with Crippen molar-refractivity contribution in [2.75, 3.05) is 18.5 Å². The minimum atomic E-state index is -4.67. The number of carboxylic acid groups (broad SMARTS) is 1. The molecule has 0 amide bonds. The minimum Gasteiger partial charge on any atom is -0.478 e. The highest BCUT2D eigenvalue weighted by Gasteiger charge is 2.35. The zero-order valence-corrected chi connectivity index (χ0v) is 11.5. The highest BCUT2D eigenvalue weighted by atomic mass is 19.4. The van der Waals surface area contributed by atoms with Gasteiger partial charge >= 0.3 is 12.1 Å². The molecule has 0 aliphatic carbocycles. The van der Waals surface area contributed by atoms with Gasteiger partial charge in [-0.05, 0) is 24.6 Å². The molecule has 1 aromatic carbocycles. The minimum absolute atomic E-state index is 0.374. The monoisotopic (exact) mass is 289 g/mol. The molecule has 0 spiro atoms. The highest BCUT2D eigenvalue weighted by molar-refractivity contribution is 5.90. The lowest BCUT2D eigenvalue weighted by molar-refractivity contribution is -0.138. The average molecular weight is 289 g/mol. The van der Waals surface area contributed by atoms with Gasteiger partial charge < -0.3 is 10.0 Å². The summed E-state index contributed by atoms with van der Waals surface area (Å²) in [6.07, 6.45) is -1.76. The number of hydrogen-bond acceptors (Lipinski definition) is 2. The van der Waals surface area contributed by atoms with Crippen LogP contribution in [0.3, 0.4) is 0 Å². The van der Waals surface area contributed by atoms with Crippen LogP contribution in [-0.2, 0) is 6.18 Å². The van der Waals surface area contributed by atoms with Crippen molar-refractivity contribution >= 4 is 11.7 Å². The van der Waals surface area contributed by atoms with Gasteiger partial charge in [-0.1, -0.05) is 19.8 Å². The molecular weight excluding hydrogens is 271 g/mol. The molecule has 0 aliphatic heterocycles. The van der Waals surface area contributed by atoms with Crippen molar-refractivity contribution in [1.82, 2.24) is 0 Å². The van der Waals surface area contributed by atoms with E-state index in [2.05, 4.69) is 0 Å². The van der Waals surface area contributed by atoms with Crippen LogP contribution in [0, 0.1) is 0 Å². The molecule has 3 nitrogen and oxygen atoms in total. The van der Waals surface area contributed by atoms with Gasteiger partial charge in [0.25, 0.3) is 0 Å². The SMILES string of the molecule is CCCCCN(C)c1ccc(C(=O)O)c(C(F)(F)F)c1. The fraction of sp³-hybridized carbons (Fsp3) is 0.500. The summed E-state index contributed by atoms with van der Waals surface area (Å²) in [4.78, 5) is 12.6. The zero-order valence-electron chi connectivity index (χ0n) is 11.5. The molecule has 0 atom stereocenters. The molecule has 20 heavy (non-hydrogen) atoms. The Kier molecular flexibility index (Phi) is 5.42. The van der Waals surface area contributed by atoms with Gasteiger partial charge in [-0.2, -0.15) is 13.2 Å². The Labute approximate surface area is 116 Å². The van der Waals surface area contributed by atoms with Gasteiger partial charge in [-0.25, -0.2) is 4.79 Å². The number of benzene rings is 1. The lowest BCUT2D eigenvalue weighted by Crippen LogP contribution is -2.20. The predicted molar refractivity (Wildman–Crippen MR) is 71.2 cm³/mol. The third-order valence-electron chi connectivity index (χ3n) is 3.08. The molecule has 0 aromatic heterocycles. The summed E-state index contributed by atoms with van der Waals surface area (Å²) in [5.74, 6) is -1.57. The number of hydrogen-bond donors (Lipinski definition) is 1. The van der Waals surface area contributed by atoms with Crippen LogP contribution >= 0.6 is 0 Å². The van der Waals surface area contributed by atoms with Crippen LogP contribution in [0.1, 0.15) is 42.1 Å². The Hall–Kier alpha value is -1.72. The van der Waals surface area contributed by atoms with E-state index in [1.807, 2.05) is 6.92 Å². The molecule has 0 bridgehead atoms. The van der Waals surface area contributed by atoms with E-state index in [0.717, 1.165) is 31.4 Å². The van der Waals surface area contributed by atoms with E-state index in [9.17, 15) is 18.0 Å². The van der Waals surface area contributed by atoms with Crippen molar-refractivity contribution < 1.29 is 23.1 Å². The second kappa shape index (κ2) is 6.63. The molecule has 112 valence electrons. The Balaban J connectivity index is 3.03. The van der Waals surface area contributed by atoms with Crippen molar-refractivity contribution in [3.05, 3.63) is 29.3 Å². The Morgan fingerprint density at radius 2 is 1.95 bits per heavy atom. The van der Waals surface area contributed by atoms with Gasteiger partial charge in [0.05, 0.1) is 11.1 Å². The second-order valence-corrected chi connectivity index (χ2v) is 4.66. The third-order valence-corrected chi connectivity index (χ3v) is 3.08. The summed E-state index contributed by atoms with van der Waals surface area (Å²) in [7, 11) is 1.70. The number of alkyl halides is 3. The first-order valence-electron chi connectivity index (χ1n) is 6.43. The topological polar surface area (TPSA) is 40.5 Å². The second-order valence-electron chi connectivity index (χ2n) is 4.66. The number of halogens is 3. The van der Waals surface area contributed by atoms with E-state index in [0.29, 0.717) is 12.2 Å². The molecule has 1 N–H and O–H groups in total. The largest absolute Gasteiger partial charge is 0.478 e. The Morgan fingerprint density at radius 3 is 2.45 bits per heavy atom. The van der Waals surface area contributed by atoms with Gasteiger partial charge in [0.2, 0.25) is 0 Å². The number of unbranched alkanes of at least 4 members (excludes halogenated alkanes) is 2. The predicted octanol–water partition coefficient (Wildman–Crippen LogP) is 4.03. The van der Waals surface area contributed by atoms with Crippen molar-refractivity contribution in [2.24, 2.45) is 0 Å². The van der Waals surface area contributed by atoms with Crippen LogP contribution in [-0.4, -0.2) is 24.7 Å². The maximum absolute atomic E-state index is 12.9. The van der Waals surface area contributed by atoms with E-state index < -0.39 is 23.3 Å². The molecule has 6 heteroatoms. The van der Waals surface area contributed by atoms with E-state index in [1.54, 1.807) is 11.9 Å². The van der Waals surface area contributed by atoms with Gasteiger partial charge in [0.1, 0.15) is 0 Å². The quantitative estimate of drug-likeness (QED) is 0.804. The highest BCUT2D eigenvalue weighted by Crippen LogP contribution is 2.34. The Morgan fingerprint density at radius 1 is 1.30 bits per heavy atom. The maximum Gasteiger partial charge on any atom is 0.417 e. The van der Waals surface area contributed by atoms with Crippen molar-refractivity contribution in [3.8, 4) is 0 Å². The summed E-state index contributed by atoms with van der Waals surface area (Å²) in [6, 6.07) is 3.32. The maximum atomic E-state index is 12.9. The lowest BCUT2D eigenvalue weighted by Gasteiger charge is -2.21. The van der Waals surface area contributed by atoms with E-state index >= 15 is 0 Å². The molecule has 1 rings (SSSR count). The van der Waals surface area contributed by atoms with Crippen LogP contribution < -0.4 is 4.90 Å². The van der Waals surface area contributed by atoms with Crippen molar-refractivity contribution in [2.45, 2.75) is 32.4 Å². The Bertz CT molecular complexity index is 472. The van der Waals surface area contributed by atoms with Crippen molar-refractivity contribution in [1.29, 1.82) is 0 Å². The molecule has 0 heterocycles. The summed E-state index contributed by atoms with van der Waals surface area (Å²) >= 11 is 0. The molecule has 0 unspecified atom stereocenters. The molecule has 0 saturated carbocycles. The van der Waals surface area contributed by atoms with Gasteiger partial charge in [-0.3, -0.25) is 0 Å².